The van der Waals surface area contributed by atoms with Gasteiger partial charge in [0.05, 0.1) is 23.5 Å². The van der Waals surface area contributed by atoms with Gasteiger partial charge in [-0.2, -0.15) is 0 Å². The highest BCUT2D eigenvalue weighted by Crippen LogP contribution is 2.24. The van der Waals surface area contributed by atoms with Crippen molar-refractivity contribution >= 4 is 20.8 Å². The van der Waals surface area contributed by atoms with Crippen molar-refractivity contribution in [2.24, 2.45) is 0 Å². The van der Waals surface area contributed by atoms with Gasteiger partial charge in [0.15, 0.2) is 0 Å². The summed E-state index contributed by atoms with van der Waals surface area (Å²) in [4.78, 5) is 0. The van der Waals surface area contributed by atoms with E-state index in [4.69, 9.17) is 5.73 Å². The Labute approximate surface area is 69.9 Å². The maximum absolute atomic E-state index is 5.64. The molecule has 0 saturated heterocycles. The van der Waals surface area contributed by atoms with E-state index in [9.17, 15) is 0 Å². The Hall–Kier alpha value is -0.590. The van der Waals surface area contributed by atoms with Crippen molar-refractivity contribution in [1.82, 2.24) is 4.25 Å². The fraction of sp³-hybridized carbons (Fsp3) is 0.250. The maximum atomic E-state index is 5.64. The number of anilines is 1. The third-order valence-corrected chi connectivity index (χ3v) is 1.83. The van der Waals surface area contributed by atoms with E-state index in [2.05, 4.69) is 29.6 Å². The van der Waals surface area contributed by atoms with E-state index in [1.165, 1.54) is 5.69 Å². The van der Waals surface area contributed by atoms with Gasteiger partial charge in [-0.15, -0.1) is 0 Å². The smallest absolute Gasteiger partial charge is 0.135 e. The van der Waals surface area contributed by atoms with Gasteiger partial charge in [-0.3, -0.25) is 4.25 Å². The Morgan fingerprint density at radius 3 is 2.36 bits per heavy atom. The van der Waals surface area contributed by atoms with Crippen molar-refractivity contribution in [3.63, 3.8) is 0 Å². The average molecular weight is 169 g/mol. The highest BCUT2D eigenvalue weighted by molar-refractivity contribution is 7.16. The van der Waals surface area contributed by atoms with Crippen molar-refractivity contribution in [2.45, 2.75) is 0 Å². The molecule has 11 heavy (non-hydrogen) atoms. The van der Waals surface area contributed by atoms with Crippen molar-refractivity contribution in [3.05, 3.63) is 24.3 Å². The normalized spacial score (nSPS) is 11.5. The van der Waals surface area contributed by atoms with Crippen LogP contribution in [0.2, 0.25) is 0 Å². The molecule has 60 valence electrons. The molecular formula is C8H14N2P+. The van der Waals surface area contributed by atoms with Crippen LogP contribution in [0.4, 0.5) is 11.4 Å². The molecule has 2 nitrogen and oxygen atoms in total. The minimum Gasteiger partial charge on any atom is -0.399 e. The number of benzene rings is 1. The molecule has 0 radical (unpaired) electrons. The molecule has 1 rings (SSSR count). The lowest BCUT2D eigenvalue weighted by atomic mass is 10.3. The minimum atomic E-state index is 0.727. The van der Waals surface area contributed by atoms with Crippen LogP contribution in [0.3, 0.4) is 0 Å². The zero-order valence-electron chi connectivity index (χ0n) is 6.91. The van der Waals surface area contributed by atoms with Gasteiger partial charge < -0.3 is 5.73 Å². The fourth-order valence-corrected chi connectivity index (χ4v) is 1.04. The second-order valence-electron chi connectivity index (χ2n) is 3.13. The Kier molecular flexibility index (Phi) is 2.17. The number of hydrogen-bond acceptors (Lipinski definition) is 1. The van der Waals surface area contributed by atoms with Gasteiger partial charge >= 0.3 is 0 Å². The van der Waals surface area contributed by atoms with Crippen LogP contribution in [0.25, 0.3) is 0 Å². The van der Waals surface area contributed by atoms with E-state index in [1.807, 2.05) is 18.2 Å². The van der Waals surface area contributed by atoms with Crippen LogP contribution in [0.5, 0.6) is 0 Å². The minimum absolute atomic E-state index is 0.727. The van der Waals surface area contributed by atoms with Crippen LogP contribution >= 0.6 is 9.39 Å². The van der Waals surface area contributed by atoms with E-state index < -0.39 is 0 Å². The summed E-state index contributed by atoms with van der Waals surface area (Å²) in [6.07, 6.45) is 0. The summed E-state index contributed by atoms with van der Waals surface area (Å²) in [6, 6.07) is 7.90. The van der Waals surface area contributed by atoms with Gasteiger partial charge in [-0.25, -0.2) is 0 Å². The second kappa shape index (κ2) is 2.80. The summed E-state index contributed by atoms with van der Waals surface area (Å²) in [5, 5.41) is 0. The zero-order valence-corrected chi connectivity index (χ0v) is 8.07. The van der Waals surface area contributed by atoms with E-state index in [-0.39, 0.29) is 0 Å². The Morgan fingerprint density at radius 2 is 2.00 bits per heavy atom. The standard InChI is InChI=1S/C8H14N2P/c1-10(2,11)8-5-3-4-7(9)6-8/h3-6H,9,11H2,1-2H3/q+1. The SMILES string of the molecule is C[N+](C)(P)c1cccc(N)c1. The Bertz CT molecular complexity index is 253. The molecule has 0 aliphatic heterocycles. The third kappa shape index (κ3) is 2.18. The molecular weight excluding hydrogens is 155 g/mol. The summed E-state index contributed by atoms with van der Waals surface area (Å²) in [7, 11) is 6.90. The molecule has 1 aromatic carbocycles. The zero-order chi connectivity index (χ0) is 8.48. The van der Waals surface area contributed by atoms with Gasteiger partial charge in [0.1, 0.15) is 5.69 Å². The van der Waals surface area contributed by atoms with Gasteiger partial charge in [0, 0.05) is 11.8 Å². The molecule has 3 heteroatoms. The monoisotopic (exact) mass is 169 g/mol. The van der Waals surface area contributed by atoms with E-state index >= 15 is 0 Å². The second-order valence-corrected chi connectivity index (χ2v) is 4.43. The van der Waals surface area contributed by atoms with Crippen LogP contribution in [-0.2, 0) is 0 Å². The van der Waals surface area contributed by atoms with Gasteiger partial charge in [-0.05, 0) is 12.1 Å². The van der Waals surface area contributed by atoms with E-state index in [0.717, 1.165) is 9.94 Å². The molecule has 1 atom stereocenters. The summed E-state index contributed by atoms with van der Waals surface area (Å²) in [5.74, 6) is 0. The maximum Gasteiger partial charge on any atom is 0.135 e. The van der Waals surface area contributed by atoms with Crippen LogP contribution < -0.4 is 9.99 Å². The number of nitrogens with zero attached hydrogens (tertiary/aromatic N) is 1. The molecule has 0 heterocycles. The number of hydrogen-bond donors (Lipinski definition) is 1. The number of nitrogens with two attached hydrogens (primary N) is 1. The summed E-state index contributed by atoms with van der Waals surface area (Å²) in [6.45, 7) is 0. The first-order valence-electron chi connectivity index (χ1n) is 3.49. The van der Waals surface area contributed by atoms with Crippen LogP contribution in [0.1, 0.15) is 0 Å². The highest BCUT2D eigenvalue weighted by Gasteiger charge is 2.10. The lowest BCUT2D eigenvalue weighted by Crippen LogP contribution is -2.26. The molecule has 1 aromatic rings. The lowest BCUT2D eigenvalue weighted by molar-refractivity contribution is 0.666. The molecule has 0 fully saturated rings. The highest BCUT2D eigenvalue weighted by atomic mass is 31.0. The first kappa shape index (κ1) is 8.51. The van der Waals surface area contributed by atoms with E-state index in [0.29, 0.717) is 0 Å². The van der Waals surface area contributed by atoms with Crippen LogP contribution in [0, 0.1) is 0 Å². The number of rotatable bonds is 1. The van der Waals surface area contributed by atoms with Crippen molar-refractivity contribution in [1.29, 1.82) is 0 Å². The topological polar surface area (TPSA) is 26.0 Å². The molecule has 0 saturated carbocycles. The van der Waals surface area contributed by atoms with E-state index in [1.54, 1.807) is 0 Å². The van der Waals surface area contributed by atoms with Crippen LogP contribution in [0.15, 0.2) is 24.3 Å². The van der Waals surface area contributed by atoms with Crippen molar-refractivity contribution in [2.75, 3.05) is 19.8 Å². The average Bonchev–Trinajstić information content (AvgIpc) is 1.86. The third-order valence-electron chi connectivity index (χ3n) is 1.54. The molecule has 2 N–H and O–H groups in total. The number of nitrogen functional groups attached to an aromatic ring is 1. The molecule has 0 aliphatic carbocycles. The molecule has 0 amide bonds. The fourth-order valence-electron chi connectivity index (χ4n) is 0.883. The summed E-state index contributed by atoms with van der Waals surface area (Å²) < 4.78 is 0.727. The summed E-state index contributed by atoms with van der Waals surface area (Å²) >= 11 is 0. The van der Waals surface area contributed by atoms with Crippen molar-refractivity contribution in [3.8, 4) is 0 Å². The Morgan fingerprint density at radius 1 is 1.36 bits per heavy atom. The number of quaternary nitrogens is 1. The van der Waals surface area contributed by atoms with Gasteiger partial charge in [-0.1, -0.05) is 6.07 Å². The Balaban J connectivity index is 3.06. The molecule has 1 unspecified atom stereocenters. The largest absolute Gasteiger partial charge is 0.399 e. The quantitative estimate of drug-likeness (QED) is 0.501. The first-order valence-corrected chi connectivity index (χ1v) is 4.00. The predicted octanol–water partition coefficient (Wildman–Crippen LogP) is 1.63. The molecule has 0 aromatic heterocycles. The van der Waals surface area contributed by atoms with Crippen LogP contribution in [-0.4, -0.2) is 14.1 Å². The van der Waals surface area contributed by atoms with Gasteiger partial charge in [0.2, 0.25) is 0 Å². The molecule has 0 aliphatic rings. The lowest BCUT2D eigenvalue weighted by Gasteiger charge is -2.22. The predicted molar refractivity (Wildman–Crippen MR) is 54.2 cm³/mol. The van der Waals surface area contributed by atoms with Gasteiger partial charge in [0.25, 0.3) is 0 Å². The molecule has 0 bridgehead atoms. The van der Waals surface area contributed by atoms with Crippen molar-refractivity contribution < 1.29 is 0 Å². The molecule has 0 spiro atoms. The first-order chi connectivity index (χ1) is 5.00. The summed E-state index contributed by atoms with van der Waals surface area (Å²) in [5.41, 5.74) is 7.64.